The summed E-state index contributed by atoms with van der Waals surface area (Å²) in [5, 5.41) is 8.69. The Balaban J connectivity index is 0.000000224. The third-order valence-corrected chi connectivity index (χ3v) is 10.6. The van der Waals surface area contributed by atoms with Crippen LogP contribution in [-0.2, 0) is 13.2 Å². The highest BCUT2D eigenvalue weighted by atomic mass is 35.5. The van der Waals surface area contributed by atoms with Gasteiger partial charge in [-0.05, 0) is 127 Å². The van der Waals surface area contributed by atoms with Gasteiger partial charge in [0.2, 0.25) is 0 Å². The zero-order valence-electron chi connectivity index (χ0n) is 32.7. The van der Waals surface area contributed by atoms with Crippen LogP contribution in [0, 0.1) is 11.6 Å². The Kier molecular flexibility index (Phi) is 20.3. The predicted molar refractivity (Wildman–Crippen MR) is 257 cm³/mol. The molecule has 310 valence electrons. The summed E-state index contributed by atoms with van der Waals surface area (Å²) in [4.78, 5) is 0.738. The van der Waals surface area contributed by atoms with Gasteiger partial charge in [0.15, 0.2) is 8.64 Å². The molecule has 0 aliphatic carbocycles. The monoisotopic (exact) mass is 919 g/mol. The molecule has 4 N–H and O–H groups in total. The summed E-state index contributed by atoms with van der Waals surface area (Å²) in [6.45, 7) is 4.91. The van der Waals surface area contributed by atoms with Gasteiger partial charge in [-0.15, -0.1) is 0 Å². The van der Waals surface area contributed by atoms with Gasteiger partial charge in [-0.2, -0.15) is 10.2 Å². The number of thioether (sulfide) groups is 2. The van der Waals surface area contributed by atoms with Gasteiger partial charge in [0.1, 0.15) is 36.3 Å². The molecule has 0 unspecified atom stereocenters. The van der Waals surface area contributed by atoms with Crippen LogP contribution < -0.4 is 26.1 Å². The van der Waals surface area contributed by atoms with Crippen LogP contribution in [-0.4, -0.2) is 26.3 Å². The smallest absolute Gasteiger partial charge is 0.158 e. The second-order valence-corrected chi connectivity index (χ2v) is 16.4. The Morgan fingerprint density at radius 1 is 0.617 bits per heavy atom. The van der Waals surface area contributed by atoms with E-state index in [-0.39, 0.29) is 10.0 Å². The third kappa shape index (κ3) is 17.3. The molecule has 0 bridgehead atoms. The summed E-state index contributed by atoms with van der Waals surface area (Å²) in [6.07, 6.45) is 1.92. The molecule has 6 aromatic rings. The molecule has 0 aromatic heterocycles. The fourth-order valence-corrected chi connectivity index (χ4v) is 6.25. The lowest BCUT2D eigenvalue weighted by Gasteiger charge is -2.08. The number of anilines is 1. The number of ether oxygens (including phenoxy) is 2. The molecule has 0 saturated carbocycles. The molecule has 0 radical (unpaired) electrons. The fraction of sp³-hybridized carbons (Fsp3) is 0.111. The van der Waals surface area contributed by atoms with Crippen molar-refractivity contribution in [3.8, 4) is 11.5 Å². The van der Waals surface area contributed by atoms with Crippen LogP contribution in [0.5, 0.6) is 11.5 Å². The van der Waals surface area contributed by atoms with Crippen molar-refractivity contribution in [3.05, 3.63) is 190 Å². The largest absolute Gasteiger partial charge is 0.489 e. The quantitative estimate of drug-likeness (QED) is 0.0386. The van der Waals surface area contributed by atoms with Crippen LogP contribution >= 0.6 is 71.2 Å². The van der Waals surface area contributed by atoms with Crippen LogP contribution in [0.2, 0.25) is 10.0 Å². The van der Waals surface area contributed by atoms with E-state index in [0.717, 1.165) is 50.1 Å². The van der Waals surface area contributed by atoms with E-state index in [0.29, 0.717) is 27.5 Å². The third-order valence-electron chi connectivity index (χ3n) is 7.90. The van der Waals surface area contributed by atoms with Crippen LogP contribution in [0.4, 0.5) is 14.5 Å². The van der Waals surface area contributed by atoms with E-state index in [2.05, 4.69) is 21.1 Å². The zero-order chi connectivity index (χ0) is 43.3. The summed E-state index contributed by atoms with van der Waals surface area (Å²) >= 11 is 24.2. The lowest BCUT2D eigenvalue weighted by Crippen LogP contribution is -2.13. The number of nitrogen functional groups attached to an aromatic ring is 1. The Morgan fingerprint density at radius 3 is 1.47 bits per heavy atom. The zero-order valence-corrected chi connectivity index (χ0v) is 37.5. The molecule has 0 saturated heterocycles. The molecule has 0 spiro atoms. The van der Waals surface area contributed by atoms with Crippen LogP contribution in [0.1, 0.15) is 36.1 Å². The van der Waals surface area contributed by atoms with Gasteiger partial charge in [0, 0.05) is 10.6 Å². The second kappa shape index (κ2) is 25.6. The molecule has 6 rings (SSSR count). The number of nitrogens with one attached hydrogen (secondary N) is 2. The molecular weight excluding hydrogens is 880 g/mol. The maximum atomic E-state index is 13.2. The van der Waals surface area contributed by atoms with Gasteiger partial charge in [0.05, 0.1) is 21.5 Å². The highest BCUT2D eigenvalue weighted by Gasteiger charge is 2.06. The van der Waals surface area contributed by atoms with Gasteiger partial charge in [0.25, 0.3) is 0 Å². The number of hydrogen-bond donors (Lipinski definition) is 3. The number of hydrogen-bond acceptors (Lipinski definition) is 9. The first-order valence-corrected chi connectivity index (χ1v) is 21.6. The summed E-state index contributed by atoms with van der Waals surface area (Å²) in [5.74, 6) is 0.733. The highest BCUT2D eigenvalue weighted by Crippen LogP contribution is 2.25. The number of nitrogens with two attached hydrogens (primary N) is 1. The van der Waals surface area contributed by atoms with E-state index in [4.69, 9.17) is 62.8 Å². The number of thiocarbonyl (C=S) groups is 2. The molecule has 0 heterocycles. The predicted octanol–water partition coefficient (Wildman–Crippen LogP) is 12.7. The number of rotatable bonds is 11. The number of benzene rings is 6. The first-order valence-electron chi connectivity index (χ1n) is 18.0. The number of nitrogens with zero attached hydrogens (tertiary/aromatic N) is 2. The summed E-state index contributed by atoms with van der Waals surface area (Å²) in [7, 11) is 0. The van der Waals surface area contributed by atoms with E-state index >= 15 is 0 Å². The van der Waals surface area contributed by atoms with Crippen molar-refractivity contribution in [2.24, 2.45) is 10.2 Å². The van der Waals surface area contributed by atoms with Crippen molar-refractivity contribution < 1.29 is 18.3 Å². The minimum Gasteiger partial charge on any atom is -0.489 e. The Bertz CT molecular complexity index is 2360. The fourth-order valence-electron chi connectivity index (χ4n) is 4.68. The van der Waals surface area contributed by atoms with Crippen molar-refractivity contribution in [2.45, 2.75) is 32.0 Å². The van der Waals surface area contributed by atoms with E-state index in [9.17, 15) is 8.78 Å². The van der Waals surface area contributed by atoms with Gasteiger partial charge < -0.3 is 15.2 Å². The minimum absolute atomic E-state index is 0.0621. The van der Waals surface area contributed by atoms with Crippen molar-refractivity contribution in [1.29, 1.82) is 0 Å². The maximum Gasteiger partial charge on any atom is 0.158 e. The molecule has 0 aliphatic heterocycles. The standard InChI is InChI=1S/C22H18ClFN2OS2.C17H18N2OS2.C6H5ClFN/c1-15(25-26-22(28)29-19-11-12-21(24)20(23)13-19)17-7-9-18(10-8-17)27-14-16-5-3-2-4-6-16;1-13(18-19-17(21)22-2)15-8-10-16(11-9-15)20-12-14-6-4-3-5-7-14;7-5-3-4(9)1-2-6(5)8/h2-13H,14H2,1H3,(H,26,28);3-11H,12H2,1-2H3,(H,19,21);1-3H,9H2/b25-15+;18-13+;. The van der Waals surface area contributed by atoms with Crippen LogP contribution in [0.3, 0.4) is 0 Å². The maximum absolute atomic E-state index is 13.2. The normalized spacial score (nSPS) is 10.9. The average Bonchev–Trinajstić information content (AvgIpc) is 3.27. The second-order valence-electron chi connectivity index (χ2n) is 12.3. The molecule has 15 heteroatoms. The van der Waals surface area contributed by atoms with Gasteiger partial charge in [-0.3, -0.25) is 10.9 Å². The molecule has 7 nitrogen and oxygen atoms in total. The van der Waals surface area contributed by atoms with Gasteiger partial charge in [-0.25, -0.2) is 8.78 Å². The van der Waals surface area contributed by atoms with Crippen LogP contribution in [0.25, 0.3) is 0 Å². The molecular formula is C45H41Cl2F2N5O2S4. The lowest BCUT2D eigenvalue weighted by molar-refractivity contribution is 0.306. The molecule has 0 aliphatic rings. The van der Waals surface area contributed by atoms with Crippen molar-refractivity contribution in [3.63, 3.8) is 0 Å². The van der Waals surface area contributed by atoms with Crippen molar-refractivity contribution in [2.75, 3.05) is 12.0 Å². The summed E-state index contributed by atoms with van der Waals surface area (Å²) in [5.41, 5.74) is 17.3. The molecule has 6 aromatic carbocycles. The van der Waals surface area contributed by atoms with E-state index in [1.54, 1.807) is 6.07 Å². The van der Waals surface area contributed by atoms with Crippen LogP contribution in [0.15, 0.2) is 161 Å². The first-order chi connectivity index (χ1) is 28.9. The molecule has 60 heavy (non-hydrogen) atoms. The Hall–Kier alpha value is -5.02. The molecule has 0 atom stereocenters. The Morgan fingerprint density at radius 2 is 1.05 bits per heavy atom. The van der Waals surface area contributed by atoms with E-state index < -0.39 is 11.6 Å². The van der Waals surface area contributed by atoms with Gasteiger partial charge >= 0.3 is 0 Å². The van der Waals surface area contributed by atoms with Gasteiger partial charge in [-0.1, -0.05) is 132 Å². The number of hydrazone groups is 2. The molecule has 0 fully saturated rings. The van der Waals surface area contributed by atoms with E-state index in [1.807, 2.05) is 129 Å². The average molecular weight is 921 g/mol. The number of halogens is 4. The minimum atomic E-state index is -0.458. The van der Waals surface area contributed by atoms with Crippen molar-refractivity contribution >= 4 is 96.9 Å². The summed E-state index contributed by atoms with van der Waals surface area (Å²) < 4.78 is 38.2. The Labute approximate surface area is 378 Å². The van der Waals surface area contributed by atoms with E-state index in [1.165, 1.54) is 53.9 Å². The highest BCUT2D eigenvalue weighted by molar-refractivity contribution is 8.23. The SMILES string of the molecule is C/C(=N\NC(=S)Sc1ccc(F)c(Cl)c1)c1ccc(OCc2ccccc2)cc1.CSC(=S)N/N=C(\C)c1ccc(OCc2ccccc2)cc1.Nc1ccc(F)c(Cl)c1. The van der Waals surface area contributed by atoms with Crippen molar-refractivity contribution in [1.82, 2.24) is 10.9 Å². The molecule has 0 amide bonds. The topological polar surface area (TPSA) is 93.3 Å². The lowest BCUT2D eigenvalue weighted by atomic mass is 10.1. The first kappa shape index (κ1) is 47.7. The summed E-state index contributed by atoms with van der Waals surface area (Å²) in [6, 6.07) is 44.2.